The standard InChI is InChI=1S/C16H17FN2O2S/c1-11(20)12-9-15(19-10-12)16(21)18-7-2-8-22-14-5-3-13(17)4-6-14/h3-6,9-10,19H,2,7-8H2,1H3,(H,18,21). The van der Waals surface area contributed by atoms with Crippen molar-refractivity contribution in [1.82, 2.24) is 10.3 Å². The van der Waals surface area contributed by atoms with Crippen molar-refractivity contribution in [1.29, 1.82) is 0 Å². The molecule has 1 amide bonds. The molecule has 0 aliphatic rings. The number of rotatable bonds is 7. The van der Waals surface area contributed by atoms with E-state index >= 15 is 0 Å². The number of ketones is 1. The van der Waals surface area contributed by atoms with Crippen LogP contribution in [0.25, 0.3) is 0 Å². The van der Waals surface area contributed by atoms with E-state index in [0.29, 0.717) is 17.8 Å². The van der Waals surface area contributed by atoms with Gasteiger partial charge in [-0.1, -0.05) is 0 Å². The molecule has 6 heteroatoms. The first-order chi connectivity index (χ1) is 10.6. The lowest BCUT2D eigenvalue weighted by atomic mass is 10.2. The van der Waals surface area contributed by atoms with Gasteiger partial charge in [0, 0.05) is 23.2 Å². The monoisotopic (exact) mass is 320 g/mol. The molecule has 0 unspecified atom stereocenters. The third-order valence-electron chi connectivity index (χ3n) is 3.02. The van der Waals surface area contributed by atoms with E-state index in [2.05, 4.69) is 10.3 Å². The number of hydrogen-bond donors (Lipinski definition) is 2. The average Bonchev–Trinajstić information content (AvgIpc) is 2.99. The lowest BCUT2D eigenvalue weighted by molar-refractivity contribution is 0.0949. The molecule has 0 saturated carbocycles. The zero-order chi connectivity index (χ0) is 15.9. The third-order valence-corrected chi connectivity index (χ3v) is 4.12. The van der Waals surface area contributed by atoms with Crippen LogP contribution in [0.15, 0.2) is 41.4 Å². The highest BCUT2D eigenvalue weighted by Crippen LogP contribution is 2.18. The van der Waals surface area contributed by atoms with Gasteiger partial charge in [0.25, 0.3) is 5.91 Å². The topological polar surface area (TPSA) is 62.0 Å². The highest BCUT2D eigenvalue weighted by molar-refractivity contribution is 7.99. The first-order valence-electron chi connectivity index (χ1n) is 6.92. The number of amides is 1. The molecule has 1 heterocycles. The predicted molar refractivity (Wildman–Crippen MR) is 84.9 cm³/mol. The van der Waals surface area contributed by atoms with Gasteiger partial charge in [-0.05, 0) is 49.4 Å². The Labute approximate surface area is 132 Å². The fourth-order valence-corrected chi connectivity index (χ4v) is 2.67. The highest BCUT2D eigenvalue weighted by atomic mass is 32.2. The van der Waals surface area contributed by atoms with Gasteiger partial charge in [0.2, 0.25) is 0 Å². The Morgan fingerprint density at radius 1 is 1.27 bits per heavy atom. The lowest BCUT2D eigenvalue weighted by Crippen LogP contribution is -2.25. The molecule has 0 aliphatic heterocycles. The van der Waals surface area contributed by atoms with E-state index in [9.17, 15) is 14.0 Å². The van der Waals surface area contributed by atoms with Gasteiger partial charge in [-0.15, -0.1) is 11.8 Å². The molecule has 0 aliphatic carbocycles. The van der Waals surface area contributed by atoms with E-state index in [4.69, 9.17) is 0 Å². The molecule has 2 aromatic rings. The Hall–Kier alpha value is -2.08. The Balaban J connectivity index is 1.68. The molecule has 2 N–H and O–H groups in total. The molecule has 0 spiro atoms. The summed E-state index contributed by atoms with van der Waals surface area (Å²) >= 11 is 1.61. The molecule has 0 bridgehead atoms. The number of aromatic amines is 1. The number of H-pyrrole nitrogens is 1. The molecule has 1 aromatic carbocycles. The maximum atomic E-state index is 12.8. The number of thioether (sulfide) groups is 1. The third kappa shape index (κ3) is 4.73. The van der Waals surface area contributed by atoms with E-state index in [1.807, 2.05) is 0 Å². The molecule has 0 fully saturated rings. The number of halogens is 1. The first kappa shape index (κ1) is 16.3. The summed E-state index contributed by atoms with van der Waals surface area (Å²) in [4.78, 5) is 26.8. The normalized spacial score (nSPS) is 10.5. The summed E-state index contributed by atoms with van der Waals surface area (Å²) in [5, 5.41) is 2.79. The SMILES string of the molecule is CC(=O)c1c[nH]c(C(=O)NCCCSc2ccc(F)cc2)c1. The summed E-state index contributed by atoms with van der Waals surface area (Å²) in [7, 11) is 0. The van der Waals surface area contributed by atoms with Crippen molar-refractivity contribution < 1.29 is 14.0 Å². The number of Topliss-reactive ketones (excluding diaryl/α,β-unsaturated/α-hetero) is 1. The summed E-state index contributed by atoms with van der Waals surface area (Å²) in [6.07, 6.45) is 2.33. The van der Waals surface area contributed by atoms with Gasteiger partial charge in [-0.3, -0.25) is 9.59 Å². The smallest absolute Gasteiger partial charge is 0.267 e. The van der Waals surface area contributed by atoms with Crippen LogP contribution in [0.2, 0.25) is 0 Å². The summed E-state index contributed by atoms with van der Waals surface area (Å²) in [6.45, 7) is 2.00. The summed E-state index contributed by atoms with van der Waals surface area (Å²) in [5.41, 5.74) is 0.883. The molecule has 22 heavy (non-hydrogen) atoms. The molecule has 1 aromatic heterocycles. The van der Waals surface area contributed by atoms with Crippen molar-refractivity contribution >= 4 is 23.5 Å². The number of hydrogen-bond acceptors (Lipinski definition) is 3. The maximum absolute atomic E-state index is 12.8. The van der Waals surface area contributed by atoms with Crippen molar-refractivity contribution in [2.24, 2.45) is 0 Å². The molecule has 116 valence electrons. The van der Waals surface area contributed by atoms with Crippen LogP contribution < -0.4 is 5.32 Å². The van der Waals surface area contributed by atoms with Crippen LogP contribution in [0, 0.1) is 5.82 Å². The fourth-order valence-electron chi connectivity index (χ4n) is 1.82. The molecule has 4 nitrogen and oxygen atoms in total. The van der Waals surface area contributed by atoms with Gasteiger partial charge in [0.15, 0.2) is 5.78 Å². The van der Waals surface area contributed by atoms with Gasteiger partial charge in [-0.25, -0.2) is 4.39 Å². The zero-order valence-electron chi connectivity index (χ0n) is 12.2. The fraction of sp³-hybridized carbons (Fsp3) is 0.250. The van der Waals surface area contributed by atoms with Crippen LogP contribution in [0.1, 0.15) is 34.2 Å². The Morgan fingerprint density at radius 3 is 2.64 bits per heavy atom. The zero-order valence-corrected chi connectivity index (χ0v) is 13.0. The van der Waals surface area contributed by atoms with Crippen molar-refractivity contribution in [3.63, 3.8) is 0 Å². The Kier molecular flexibility index (Phi) is 5.77. The largest absolute Gasteiger partial charge is 0.356 e. The van der Waals surface area contributed by atoms with Crippen molar-refractivity contribution in [3.05, 3.63) is 53.6 Å². The number of carbonyl (C=O) groups excluding carboxylic acids is 2. The van der Waals surface area contributed by atoms with Crippen LogP contribution in [0.4, 0.5) is 4.39 Å². The number of aromatic nitrogens is 1. The second-order valence-corrected chi connectivity index (χ2v) is 5.94. The molecular weight excluding hydrogens is 303 g/mol. The number of carbonyl (C=O) groups is 2. The molecule has 0 atom stereocenters. The molecule has 2 rings (SSSR count). The van der Waals surface area contributed by atoms with Gasteiger partial charge < -0.3 is 10.3 Å². The molecular formula is C16H17FN2O2S. The van der Waals surface area contributed by atoms with Gasteiger partial charge >= 0.3 is 0 Å². The highest BCUT2D eigenvalue weighted by Gasteiger charge is 2.09. The minimum absolute atomic E-state index is 0.0778. The van der Waals surface area contributed by atoms with E-state index in [-0.39, 0.29) is 17.5 Å². The van der Waals surface area contributed by atoms with Crippen LogP contribution in [-0.4, -0.2) is 29.0 Å². The molecule has 0 radical (unpaired) electrons. The van der Waals surface area contributed by atoms with Gasteiger partial charge in [0.05, 0.1) is 0 Å². The summed E-state index contributed by atoms with van der Waals surface area (Å²) in [5.74, 6) is 0.285. The minimum Gasteiger partial charge on any atom is -0.356 e. The van der Waals surface area contributed by atoms with Crippen molar-refractivity contribution in [2.45, 2.75) is 18.2 Å². The van der Waals surface area contributed by atoms with Gasteiger partial charge in [0.1, 0.15) is 11.5 Å². The maximum Gasteiger partial charge on any atom is 0.267 e. The lowest BCUT2D eigenvalue weighted by Gasteiger charge is -2.04. The summed E-state index contributed by atoms with van der Waals surface area (Å²) in [6, 6.07) is 7.89. The van der Waals surface area contributed by atoms with E-state index in [0.717, 1.165) is 17.1 Å². The first-order valence-corrected chi connectivity index (χ1v) is 7.91. The van der Waals surface area contributed by atoms with Crippen molar-refractivity contribution in [2.75, 3.05) is 12.3 Å². The quantitative estimate of drug-likeness (QED) is 0.467. The van der Waals surface area contributed by atoms with Crippen molar-refractivity contribution in [3.8, 4) is 0 Å². The average molecular weight is 320 g/mol. The molecule has 0 saturated heterocycles. The Morgan fingerprint density at radius 2 is 2.00 bits per heavy atom. The second-order valence-electron chi connectivity index (χ2n) is 4.77. The Bertz CT molecular complexity index is 652. The number of nitrogens with one attached hydrogen (secondary N) is 2. The van der Waals surface area contributed by atoms with Crippen LogP contribution in [0.3, 0.4) is 0 Å². The van der Waals surface area contributed by atoms with E-state index in [1.54, 1.807) is 30.0 Å². The second kappa shape index (κ2) is 7.79. The van der Waals surface area contributed by atoms with Crippen LogP contribution in [0.5, 0.6) is 0 Å². The van der Waals surface area contributed by atoms with E-state index in [1.165, 1.54) is 25.3 Å². The number of benzene rings is 1. The van der Waals surface area contributed by atoms with E-state index < -0.39 is 0 Å². The minimum atomic E-state index is -0.243. The summed E-state index contributed by atoms with van der Waals surface area (Å²) < 4.78 is 12.8. The predicted octanol–water partition coefficient (Wildman–Crippen LogP) is 3.27. The van der Waals surface area contributed by atoms with Crippen LogP contribution >= 0.6 is 11.8 Å². The van der Waals surface area contributed by atoms with Gasteiger partial charge in [-0.2, -0.15) is 0 Å². The van der Waals surface area contributed by atoms with Crippen LogP contribution in [-0.2, 0) is 0 Å².